The topological polar surface area (TPSA) is 99.6 Å². The van der Waals surface area contributed by atoms with Crippen LogP contribution in [0.1, 0.15) is 25.5 Å². The number of thioether (sulfide) groups is 1. The molecule has 1 saturated heterocycles. The smallest absolute Gasteiger partial charge is 0.319 e. The molecule has 2 aromatic carbocycles. The Kier molecular flexibility index (Phi) is 7.41. The summed E-state index contributed by atoms with van der Waals surface area (Å²) in [4.78, 5) is 25.2. The van der Waals surface area contributed by atoms with E-state index in [0.717, 1.165) is 29.9 Å². The summed E-state index contributed by atoms with van der Waals surface area (Å²) in [5.41, 5.74) is 2.57. The molecule has 2 heterocycles. The van der Waals surface area contributed by atoms with E-state index >= 15 is 0 Å². The van der Waals surface area contributed by atoms with Crippen molar-refractivity contribution in [3.63, 3.8) is 0 Å². The molecule has 8 nitrogen and oxygen atoms in total. The number of nitrogens with one attached hydrogen (secondary N) is 2. The van der Waals surface area contributed by atoms with Crippen LogP contribution in [0, 0.1) is 0 Å². The normalized spacial score (nSPS) is 18.5. The number of nitrogens with zero attached hydrogens (tertiary/aromatic N) is 3. The Bertz CT molecular complexity index is 1190. The standard InChI is InChI=1S/C27H31N5O3S/c1-2-28-26(34)29-20-10-8-19(9-11-20)25-30-23(27(12-13-27)36-22-6-4-3-5-7-22)16-24(31-25)32-14-15-35-18-21(32)17-33/h3-11,16,21,33H,2,12-15,17-18H2,1H3,(H2,28,29,34). The number of amides is 2. The van der Waals surface area contributed by atoms with Gasteiger partial charge in [0.2, 0.25) is 0 Å². The van der Waals surface area contributed by atoms with Crippen LogP contribution >= 0.6 is 11.8 Å². The third kappa shape index (κ3) is 5.48. The van der Waals surface area contributed by atoms with Crippen molar-refractivity contribution in [3.8, 4) is 11.4 Å². The monoisotopic (exact) mass is 505 g/mol. The van der Waals surface area contributed by atoms with Crippen molar-refractivity contribution < 1.29 is 14.6 Å². The third-order valence-corrected chi connectivity index (χ3v) is 7.93. The Morgan fingerprint density at radius 3 is 2.64 bits per heavy atom. The van der Waals surface area contributed by atoms with Crippen molar-refractivity contribution in [3.05, 3.63) is 66.4 Å². The minimum atomic E-state index is -0.234. The number of ether oxygens (including phenoxy) is 1. The van der Waals surface area contributed by atoms with Gasteiger partial charge in [0.15, 0.2) is 5.82 Å². The molecular formula is C27H31N5O3S. The first kappa shape index (κ1) is 24.5. The average Bonchev–Trinajstić information content (AvgIpc) is 3.70. The zero-order valence-electron chi connectivity index (χ0n) is 20.3. The Hall–Kier alpha value is -3.14. The molecule has 1 atom stereocenters. The molecule has 1 aliphatic heterocycles. The number of morpholine rings is 1. The van der Waals surface area contributed by atoms with Gasteiger partial charge in [-0.3, -0.25) is 0 Å². The highest BCUT2D eigenvalue weighted by atomic mass is 32.2. The number of aliphatic hydroxyl groups is 1. The van der Waals surface area contributed by atoms with Gasteiger partial charge in [0.1, 0.15) is 5.82 Å². The predicted molar refractivity (Wildman–Crippen MR) is 142 cm³/mol. The Morgan fingerprint density at radius 1 is 1.17 bits per heavy atom. The van der Waals surface area contributed by atoms with E-state index in [1.807, 2.05) is 49.0 Å². The van der Waals surface area contributed by atoms with Gasteiger partial charge in [0.05, 0.1) is 36.3 Å². The second kappa shape index (κ2) is 10.9. The van der Waals surface area contributed by atoms with E-state index in [2.05, 4.69) is 45.9 Å². The maximum Gasteiger partial charge on any atom is 0.319 e. The summed E-state index contributed by atoms with van der Waals surface area (Å²) < 4.78 is 5.51. The summed E-state index contributed by atoms with van der Waals surface area (Å²) in [6.45, 7) is 4.16. The molecule has 36 heavy (non-hydrogen) atoms. The minimum absolute atomic E-state index is 0.00122. The maximum atomic E-state index is 11.9. The van der Waals surface area contributed by atoms with Gasteiger partial charge in [-0.25, -0.2) is 14.8 Å². The molecule has 2 fully saturated rings. The van der Waals surface area contributed by atoms with E-state index in [9.17, 15) is 9.90 Å². The summed E-state index contributed by atoms with van der Waals surface area (Å²) in [7, 11) is 0. The third-order valence-electron chi connectivity index (χ3n) is 6.41. The van der Waals surface area contributed by atoms with Gasteiger partial charge >= 0.3 is 6.03 Å². The van der Waals surface area contributed by atoms with Crippen LogP contribution in [0.3, 0.4) is 0 Å². The summed E-state index contributed by atoms with van der Waals surface area (Å²) in [6.07, 6.45) is 2.09. The summed E-state index contributed by atoms with van der Waals surface area (Å²) in [5.74, 6) is 1.44. The Labute approximate surface area is 215 Å². The van der Waals surface area contributed by atoms with Crippen LogP contribution in [0.5, 0.6) is 0 Å². The molecule has 0 spiro atoms. The van der Waals surface area contributed by atoms with Crippen molar-refractivity contribution >= 4 is 29.3 Å². The first-order chi connectivity index (χ1) is 17.6. The summed E-state index contributed by atoms with van der Waals surface area (Å²) in [6, 6.07) is 19.7. The van der Waals surface area contributed by atoms with Crippen molar-refractivity contribution in [1.29, 1.82) is 0 Å². The molecule has 1 aliphatic carbocycles. The van der Waals surface area contributed by atoms with E-state index in [-0.39, 0.29) is 23.4 Å². The van der Waals surface area contributed by atoms with Crippen LogP contribution in [0.25, 0.3) is 11.4 Å². The molecule has 188 valence electrons. The fourth-order valence-electron chi connectivity index (χ4n) is 4.33. The van der Waals surface area contributed by atoms with Crippen molar-refractivity contribution in [2.24, 2.45) is 0 Å². The Morgan fingerprint density at radius 2 is 1.94 bits per heavy atom. The number of anilines is 2. The van der Waals surface area contributed by atoms with Crippen LogP contribution in [0.4, 0.5) is 16.3 Å². The number of hydrogen-bond donors (Lipinski definition) is 3. The van der Waals surface area contributed by atoms with E-state index in [0.29, 0.717) is 37.8 Å². The zero-order valence-corrected chi connectivity index (χ0v) is 21.1. The van der Waals surface area contributed by atoms with E-state index in [4.69, 9.17) is 14.7 Å². The predicted octanol–water partition coefficient (Wildman–Crippen LogP) is 4.26. The fraction of sp³-hybridized carbons (Fsp3) is 0.370. The quantitative estimate of drug-likeness (QED) is 0.421. The second-order valence-corrected chi connectivity index (χ2v) is 10.5. The Balaban J connectivity index is 1.50. The second-order valence-electron chi connectivity index (χ2n) is 9.01. The van der Waals surface area contributed by atoms with Crippen molar-refractivity contribution in [1.82, 2.24) is 15.3 Å². The molecule has 0 radical (unpaired) electrons. The molecule has 9 heteroatoms. The number of hydrogen-bond acceptors (Lipinski definition) is 7. The molecule has 1 unspecified atom stereocenters. The minimum Gasteiger partial charge on any atom is -0.394 e. The lowest BCUT2D eigenvalue weighted by Crippen LogP contribution is -2.48. The molecule has 1 saturated carbocycles. The molecule has 3 aromatic rings. The highest BCUT2D eigenvalue weighted by molar-refractivity contribution is 8.00. The molecule has 3 N–H and O–H groups in total. The van der Waals surface area contributed by atoms with Crippen LogP contribution < -0.4 is 15.5 Å². The highest BCUT2D eigenvalue weighted by Gasteiger charge is 2.47. The van der Waals surface area contributed by atoms with Gasteiger partial charge in [0, 0.05) is 35.3 Å². The van der Waals surface area contributed by atoms with Gasteiger partial charge in [0.25, 0.3) is 0 Å². The van der Waals surface area contributed by atoms with Crippen LogP contribution in [0.2, 0.25) is 0 Å². The SMILES string of the molecule is CCNC(=O)Nc1ccc(-c2nc(N3CCOCC3CO)cc(C3(Sc4ccccc4)CC3)n2)cc1. The lowest BCUT2D eigenvalue weighted by atomic mass is 10.1. The molecule has 1 aromatic heterocycles. The number of aliphatic hydroxyl groups excluding tert-OH is 1. The van der Waals surface area contributed by atoms with E-state index < -0.39 is 0 Å². The van der Waals surface area contributed by atoms with Gasteiger partial charge in [-0.2, -0.15) is 0 Å². The van der Waals surface area contributed by atoms with Gasteiger partial charge in [-0.1, -0.05) is 18.2 Å². The molecular weight excluding hydrogens is 474 g/mol. The first-order valence-corrected chi connectivity index (χ1v) is 13.2. The van der Waals surface area contributed by atoms with E-state index in [1.165, 1.54) is 4.90 Å². The van der Waals surface area contributed by atoms with Crippen LogP contribution in [0.15, 0.2) is 65.6 Å². The molecule has 2 aliphatic rings. The van der Waals surface area contributed by atoms with E-state index in [1.54, 1.807) is 0 Å². The molecule has 5 rings (SSSR count). The summed E-state index contributed by atoms with van der Waals surface area (Å²) >= 11 is 1.85. The number of aromatic nitrogens is 2. The van der Waals surface area contributed by atoms with Crippen LogP contribution in [-0.2, 0) is 9.48 Å². The van der Waals surface area contributed by atoms with Crippen LogP contribution in [-0.4, -0.2) is 60.1 Å². The number of benzene rings is 2. The summed E-state index contributed by atoms with van der Waals surface area (Å²) in [5, 5.41) is 15.5. The maximum absolute atomic E-state index is 11.9. The lowest BCUT2D eigenvalue weighted by Gasteiger charge is -2.36. The molecule has 2 amide bonds. The number of urea groups is 1. The number of carbonyl (C=O) groups excluding carboxylic acids is 1. The first-order valence-electron chi connectivity index (χ1n) is 12.3. The zero-order chi connectivity index (χ0) is 25.0. The highest BCUT2D eigenvalue weighted by Crippen LogP contribution is 2.59. The largest absolute Gasteiger partial charge is 0.394 e. The lowest BCUT2D eigenvalue weighted by molar-refractivity contribution is 0.0723. The van der Waals surface area contributed by atoms with Gasteiger partial charge < -0.3 is 25.4 Å². The number of rotatable bonds is 8. The fourth-order valence-corrected chi connectivity index (χ4v) is 5.59. The van der Waals surface area contributed by atoms with Crippen molar-refractivity contribution in [2.45, 2.75) is 35.4 Å². The van der Waals surface area contributed by atoms with Gasteiger partial charge in [-0.05, 0) is 56.2 Å². The van der Waals surface area contributed by atoms with Crippen molar-refractivity contribution in [2.75, 3.05) is 43.1 Å². The number of carbonyl (C=O) groups is 1. The molecule has 0 bridgehead atoms. The van der Waals surface area contributed by atoms with Gasteiger partial charge in [-0.15, -0.1) is 11.8 Å². The average molecular weight is 506 g/mol.